The first-order chi connectivity index (χ1) is 12.6. The maximum Gasteiger partial charge on any atom is 0.339 e. The van der Waals surface area contributed by atoms with Crippen molar-refractivity contribution in [3.8, 4) is 0 Å². The van der Waals surface area contributed by atoms with Crippen molar-refractivity contribution in [2.75, 3.05) is 0 Å². The van der Waals surface area contributed by atoms with E-state index in [1.165, 1.54) is 0 Å². The molecule has 0 aliphatic heterocycles. The van der Waals surface area contributed by atoms with E-state index in [2.05, 4.69) is 0 Å². The number of aryl methyl sites for hydroxylation is 1. The number of unbranched alkanes of at least 4 members (excludes halogenated alkanes) is 3. The fraction of sp³-hybridized carbons (Fsp3) is 0.556. The Morgan fingerprint density at radius 2 is 1.67 bits per heavy atom. The summed E-state index contributed by atoms with van der Waals surface area (Å²) in [5, 5.41) is 48.1. The lowest BCUT2D eigenvalue weighted by atomic mass is 9.88. The molecule has 1 aromatic carbocycles. The Labute approximate surface area is 167 Å². The molecule has 9 heteroatoms. The number of aliphatic carboxylic acids is 2. The van der Waals surface area contributed by atoms with Crippen LogP contribution >= 0.6 is 23.2 Å². The molecule has 0 aromatic heterocycles. The van der Waals surface area contributed by atoms with Gasteiger partial charge in [-0.2, -0.15) is 0 Å². The molecule has 0 saturated heterocycles. The molecule has 0 bridgehead atoms. The van der Waals surface area contributed by atoms with Gasteiger partial charge in [0.15, 0.2) is 6.10 Å². The average Bonchev–Trinajstić information content (AvgIpc) is 2.58. The molecule has 0 amide bonds. The summed E-state index contributed by atoms with van der Waals surface area (Å²) in [4.78, 5) is 21.8. The molecular formula is C18H24Cl2O7. The van der Waals surface area contributed by atoms with E-state index in [1.807, 2.05) is 6.07 Å². The van der Waals surface area contributed by atoms with Crippen LogP contribution in [-0.4, -0.2) is 55.3 Å². The molecule has 0 spiro atoms. The zero-order valence-electron chi connectivity index (χ0n) is 14.6. The number of hydrogen-bond acceptors (Lipinski definition) is 5. The topological polar surface area (TPSA) is 135 Å². The molecule has 5 N–H and O–H groups in total. The van der Waals surface area contributed by atoms with Crippen LogP contribution < -0.4 is 0 Å². The number of aliphatic hydroxyl groups is 3. The molecule has 7 nitrogen and oxygen atoms in total. The van der Waals surface area contributed by atoms with E-state index >= 15 is 0 Å². The largest absolute Gasteiger partial charge is 0.479 e. The molecular weight excluding hydrogens is 399 g/mol. The molecule has 0 fully saturated rings. The Morgan fingerprint density at radius 1 is 1.04 bits per heavy atom. The van der Waals surface area contributed by atoms with Gasteiger partial charge in [0.05, 0.1) is 6.10 Å². The molecule has 0 heterocycles. The van der Waals surface area contributed by atoms with Crippen LogP contribution in [0.25, 0.3) is 0 Å². The number of hydrogen-bond donors (Lipinski definition) is 5. The maximum atomic E-state index is 11.1. The highest BCUT2D eigenvalue weighted by Crippen LogP contribution is 2.24. The van der Waals surface area contributed by atoms with Gasteiger partial charge in [-0.3, -0.25) is 0 Å². The van der Waals surface area contributed by atoms with Gasteiger partial charge in [-0.25, -0.2) is 9.59 Å². The van der Waals surface area contributed by atoms with Gasteiger partial charge in [0, 0.05) is 16.5 Å². The van der Waals surface area contributed by atoms with E-state index in [1.54, 1.807) is 12.1 Å². The molecule has 152 valence electrons. The van der Waals surface area contributed by atoms with Crippen LogP contribution in [0, 0.1) is 0 Å². The van der Waals surface area contributed by atoms with Crippen molar-refractivity contribution in [3.05, 3.63) is 33.8 Å². The standard InChI is InChI=1S/C18H24Cl2O7/c19-12-8-7-11(14(20)9-12)5-3-1-2-4-6-13(21)10-18(27,17(25)26)15(22)16(23)24/h7-9,13,15,21-22,27H,1-6,10H2,(H,23,24)(H,25,26)/t13-,15-,18+/m0/s1. The molecule has 0 saturated carbocycles. The molecule has 0 radical (unpaired) electrons. The van der Waals surface area contributed by atoms with Crippen molar-refractivity contribution in [2.24, 2.45) is 0 Å². The zero-order chi connectivity index (χ0) is 20.6. The van der Waals surface area contributed by atoms with Crippen molar-refractivity contribution in [2.45, 2.75) is 62.8 Å². The van der Waals surface area contributed by atoms with Gasteiger partial charge in [0.2, 0.25) is 5.60 Å². The number of carbonyl (C=O) groups is 2. The summed E-state index contributed by atoms with van der Waals surface area (Å²) >= 11 is 11.9. The van der Waals surface area contributed by atoms with E-state index in [0.717, 1.165) is 31.2 Å². The van der Waals surface area contributed by atoms with Crippen LogP contribution in [0.5, 0.6) is 0 Å². The summed E-state index contributed by atoms with van der Waals surface area (Å²) in [5.74, 6) is -3.76. The molecule has 1 aromatic rings. The molecule has 1 rings (SSSR count). The van der Waals surface area contributed by atoms with Crippen molar-refractivity contribution in [3.63, 3.8) is 0 Å². The van der Waals surface area contributed by atoms with Crippen LogP contribution in [0.4, 0.5) is 0 Å². The van der Waals surface area contributed by atoms with E-state index in [4.69, 9.17) is 33.4 Å². The summed E-state index contributed by atoms with van der Waals surface area (Å²) in [6.45, 7) is 0. The second-order valence-electron chi connectivity index (χ2n) is 6.52. The SMILES string of the molecule is O=C(O)[C@H](O)[C@](O)(C[C@@H](O)CCCCCCc1ccc(Cl)cc1Cl)C(=O)O. The molecule has 0 aliphatic rings. The van der Waals surface area contributed by atoms with Gasteiger partial charge < -0.3 is 25.5 Å². The highest BCUT2D eigenvalue weighted by molar-refractivity contribution is 6.35. The summed E-state index contributed by atoms with van der Waals surface area (Å²) in [6.07, 6.45) is -0.522. The Hall–Kier alpha value is -1.38. The molecule has 3 atom stereocenters. The predicted octanol–water partition coefficient (Wildman–Crippen LogP) is 2.50. The number of rotatable bonds is 12. The van der Waals surface area contributed by atoms with Crippen molar-refractivity contribution < 1.29 is 35.1 Å². The highest BCUT2D eigenvalue weighted by Gasteiger charge is 2.48. The third-order valence-corrected chi connectivity index (χ3v) is 4.94. The zero-order valence-corrected chi connectivity index (χ0v) is 16.2. The van der Waals surface area contributed by atoms with Crippen LogP contribution in [0.15, 0.2) is 18.2 Å². The fourth-order valence-corrected chi connectivity index (χ4v) is 3.26. The number of aliphatic hydroxyl groups excluding tert-OH is 2. The third-order valence-electron chi connectivity index (χ3n) is 4.35. The molecule has 0 unspecified atom stereocenters. The predicted molar refractivity (Wildman–Crippen MR) is 100 cm³/mol. The molecule has 27 heavy (non-hydrogen) atoms. The normalized spacial score (nSPS) is 15.7. The van der Waals surface area contributed by atoms with Crippen molar-refractivity contribution >= 4 is 35.1 Å². The second-order valence-corrected chi connectivity index (χ2v) is 7.36. The summed E-state index contributed by atoms with van der Waals surface area (Å²) in [7, 11) is 0. The van der Waals surface area contributed by atoms with E-state index < -0.39 is 36.2 Å². The lowest BCUT2D eigenvalue weighted by Gasteiger charge is -2.28. The number of carboxylic acids is 2. The first kappa shape index (κ1) is 23.7. The van der Waals surface area contributed by atoms with Crippen LogP contribution in [0.2, 0.25) is 10.0 Å². The number of benzene rings is 1. The van der Waals surface area contributed by atoms with Crippen molar-refractivity contribution in [1.82, 2.24) is 0 Å². The van der Waals surface area contributed by atoms with Gasteiger partial charge >= 0.3 is 11.9 Å². The first-order valence-corrected chi connectivity index (χ1v) is 9.32. The quantitative estimate of drug-likeness (QED) is 0.326. The lowest BCUT2D eigenvalue weighted by molar-refractivity contribution is -0.187. The van der Waals surface area contributed by atoms with Gasteiger partial charge in [-0.05, 0) is 37.0 Å². The Balaban J connectivity index is 2.34. The van der Waals surface area contributed by atoms with Gasteiger partial charge in [-0.1, -0.05) is 48.5 Å². The van der Waals surface area contributed by atoms with Crippen molar-refractivity contribution in [1.29, 1.82) is 0 Å². The lowest BCUT2D eigenvalue weighted by Crippen LogP contribution is -2.55. The van der Waals surface area contributed by atoms with E-state index in [9.17, 15) is 24.9 Å². The smallest absolute Gasteiger partial charge is 0.339 e. The van der Waals surface area contributed by atoms with Gasteiger partial charge in [0.1, 0.15) is 0 Å². The summed E-state index contributed by atoms with van der Waals surface area (Å²) < 4.78 is 0. The van der Waals surface area contributed by atoms with Gasteiger partial charge in [0.25, 0.3) is 0 Å². The van der Waals surface area contributed by atoms with Crippen LogP contribution in [-0.2, 0) is 16.0 Å². The number of carboxylic acid groups (broad SMARTS) is 2. The minimum atomic E-state index is -2.93. The van der Waals surface area contributed by atoms with E-state index in [0.29, 0.717) is 16.5 Å². The Morgan fingerprint density at radius 3 is 2.22 bits per heavy atom. The minimum absolute atomic E-state index is 0.184. The maximum absolute atomic E-state index is 11.1. The summed E-state index contributed by atoms with van der Waals surface area (Å²) in [5.41, 5.74) is -1.94. The highest BCUT2D eigenvalue weighted by atomic mass is 35.5. The number of halogens is 2. The summed E-state index contributed by atoms with van der Waals surface area (Å²) in [6, 6.07) is 5.33. The minimum Gasteiger partial charge on any atom is -0.479 e. The third kappa shape index (κ3) is 7.27. The first-order valence-electron chi connectivity index (χ1n) is 8.56. The average molecular weight is 423 g/mol. The fourth-order valence-electron chi connectivity index (χ4n) is 2.75. The molecule has 0 aliphatic carbocycles. The second kappa shape index (κ2) is 10.8. The monoisotopic (exact) mass is 422 g/mol. The van der Waals surface area contributed by atoms with Gasteiger partial charge in [-0.15, -0.1) is 0 Å². The Bertz CT molecular complexity index is 653. The Kier molecular flexibility index (Phi) is 9.49. The van der Waals surface area contributed by atoms with E-state index in [-0.39, 0.29) is 6.42 Å². The van der Waals surface area contributed by atoms with Crippen LogP contribution in [0.1, 0.15) is 44.1 Å². The van der Waals surface area contributed by atoms with Crippen LogP contribution in [0.3, 0.4) is 0 Å².